The number of hydrogen-bond donors (Lipinski definition) is 0. The van der Waals surface area contributed by atoms with Gasteiger partial charge in [0.2, 0.25) is 0 Å². The standard InChI is InChI=1S/C21H21NO/c1-21(2,3)18-16-11-7-10-15-12-13-22(19(15)16)20(23)17(18)14-8-5-4-6-9-14/h4-11H,12-13H2,1-3H3. The van der Waals surface area contributed by atoms with Crippen LogP contribution in [0.3, 0.4) is 0 Å². The average Bonchev–Trinajstić information content (AvgIpc) is 2.96. The third-order valence-corrected chi connectivity index (χ3v) is 4.79. The van der Waals surface area contributed by atoms with Gasteiger partial charge in [0.1, 0.15) is 0 Å². The SMILES string of the molecule is CC(C)(C)c1c(-c2ccccc2)c(=O)n2c3c(cccc13)CC2. The van der Waals surface area contributed by atoms with Crippen LogP contribution in [0.25, 0.3) is 22.0 Å². The molecule has 0 unspecified atom stereocenters. The maximum atomic E-state index is 13.3. The van der Waals surface area contributed by atoms with Crippen LogP contribution in [0.1, 0.15) is 31.9 Å². The van der Waals surface area contributed by atoms with Crippen molar-refractivity contribution in [1.82, 2.24) is 4.57 Å². The topological polar surface area (TPSA) is 22.0 Å². The molecule has 0 bridgehead atoms. The molecule has 23 heavy (non-hydrogen) atoms. The zero-order valence-electron chi connectivity index (χ0n) is 13.9. The van der Waals surface area contributed by atoms with E-state index in [4.69, 9.17) is 0 Å². The van der Waals surface area contributed by atoms with Gasteiger partial charge >= 0.3 is 0 Å². The van der Waals surface area contributed by atoms with E-state index in [1.807, 2.05) is 34.9 Å². The Hall–Kier alpha value is -2.35. The predicted molar refractivity (Wildman–Crippen MR) is 96.0 cm³/mol. The van der Waals surface area contributed by atoms with Gasteiger partial charge < -0.3 is 4.57 Å². The molecule has 2 heteroatoms. The second kappa shape index (κ2) is 4.82. The summed E-state index contributed by atoms with van der Waals surface area (Å²) in [5.74, 6) is 0. The van der Waals surface area contributed by atoms with E-state index in [2.05, 4.69) is 39.0 Å². The third-order valence-electron chi connectivity index (χ3n) is 4.79. The Balaban J connectivity index is 2.24. The van der Waals surface area contributed by atoms with Crippen LogP contribution in [0.4, 0.5) is 0 Å². The van der Waals surface area contributed by atoms with E-state index in [0.29, 0.717) is 0 Å². The van der Waals surface area contributed by atoms with Crippen LogP contribution in [-0.2, 0) is 18.4 Å². The Kier molecular flexibility index (Phi) is 2.99. The van der Waals surface area contributed by atoms with Crippen LogP contribution in [0.5, 0.6) is 0 Å². The number of aryl methyl sites for hydroxylation is 2. The van der Waals surface area contributed by atoms with Gasteiger partial charge in [0.25, 0.3) is 5.56 Å². The minimum absolute atomic E-state index is 0.0926. The highest BCUT2D eigenvalue weighted by Gasteiger charge is 2.28. The monoisotopic (exact) mass is 303 g/mol. The summed E-state index contributed by atoms with van der Waals surface area (Å²) in [6.07, 6.45) is 0.953. The smallest absolute Gasteiger partial charge is 0.259 e. The summed E-state index contributed by atoms with van der Waals surface area (Å²) in [4.78, 5) is 13.3. The number of para-hydroxylation sites is 1. The molecule has 0 atom stereocenters. The maximum absolute atomic E-state index is 13.3. The van der Waals surface area contributed by atoms with Crippen molar-refractivity contribution in [2.45, 2.75) is 39.2 Å². The van der Waals surface area contributed by atoms with Gasteiger partial charge in [-0.3, -0.25) is 4.79 Å². The fraction of sp³-hybridized carbons (Fsp3) is 0.286. The van der Waals surface area contributed by atoms with Crippen LogP contribution < -0.4 is 5.56 Å². The van der Waals surface area contributed by atoms with E-state index in [1.54, 1.807) is 0 Å². The molecule has 116 valence electrons. The zero-order valence-corrected chi connectivity index (χ0v) is 13.9. The lowest BCUT2D eigenvalue weighted by molar-refractivity contribution is 0.594. The van der Waals surface area contributed by atoms with Gasteiger partial charge in [0, 0.05) is 11.9 Å². The first-order chi connectivity index (χ1) is 11.0. The van der Waals surface area contributed by atoms with Crippen LogP contribution in [-0.4, -0.2) is 4.57 Å². The fourth-order valence-electron chi connectivity index (χ4n) is 3.89. The molecule has 1 aromatic heterocycles. The summed E-state index contributed by atoms with van der Waals surface area (Å²) in [5, 5.41) is 1.23. The quantitative estimate of drug-likeness (QED) is 0.647. The van der Waals surface area contributed by atoms with Crippen molar-refractivity contribution in [2.24, 2.45) is 0 Å². The molecule has 0 saturated heterocycles. The zero-order chi connectivity index (χ0) is 16.2. The first kappa shape index (κ1) is 14.3. The highest BCUT2D eigenvalue weighted by Crippen LogP contribution is 2.38. The number of nitrogens with zero attached hydrogens (tertiary/aromatic N) is 1. The molecule has 0 N–H and O–H groups in total. The van der Waals surface area contributed by atoms with Crippen molar-refractivity contribution in [1.29, 1.82) is 0 Å². The Bertz CT molecular complexity index is 959. The number of aromatic nitrogens is 1. The minimum Gasteiger partial charge on any atom is -0.307 e. The second-order valence-electron chi connectivity index (χ2n) is 7.39. The molecule has 2 nitrogen and oxygen atoms in total. The molecule has 0 aliphatic carbocycles. The van der Waals surface area contributed by atoms with Gasteiger partial charge in [-0.2, -0.15) is 0 Å². The highest BCUT2D eigenvalue weighted by molar-refractivity contribution is 5.93. The van der Waals surface area contributed by atoms with Crippen LogP contribution in [0.2, 0.25) is 0 Å². The van der Waals surface area contributed by atoms with Gasteiger partial charge in [0.15, 0.2) is 0 Å². The van der Waals surface area contributed by atoms with Crippen molar-refractivity contribution in [3.05, 3.63) is 70.0 Å². The lowest BCUT2D eigenvalue weighted by atomic mass is 9.80. The highest BCUT2D eigenvalue weighted by atomic mass is 16.1. The summed E-state index contributed by atoms with van der Waals surface area (Å²) in [6, 6.07) is 16.6. The third kappa shape index (κ3) is 2.05. The van der Waals surface area contributed by atoms with Crippen molar-refractivity contribution in [3.63, 3.8) is 0 Å². The van der Waals surface area contributed by atoms with E-state index in [9.17, 15) is 4.79 Å². The summed E-state index contributed by atoms with van der Waals surface area (Å²) >= 11 is 0. The van der Waals surface area contributed by atoms with Crippen molar-refractivity contribution in [3.8, 4) is 11.1 Å². The lowest BCUT2D eigenvalue weighted by Gasteiger charge is -2.26. The molecule has 1 aliphatic rings. The summed E-state index contributed by atoms with van der Waals surface area (Å²) in [5.41, 5.74) is 5.55. The van der Waals surface area contributed by atoms with E-state index in [1.165, 1.54) is 16.5 Å². The fourth-order valence-corrected chi connectivity index (χ4v) is 3.89. The molecule has 2 heterocycles. The largest absolute Gasteiger partial charge is 0.307 e. The van der Waals surface area contributed by atoms with Crippen LogP contribution >= 0.6 is 0 Å². The summed E-state index contributed by atoms with van der Waals surface area (Å²) in [6.45, 7) is 7.38. The van der Waals surface area contributed by atoms with E-state index in [-0.39, 0.29) is 11.0 Å². The van der Waals surface area contributed by atoms with E-state index >= 15 is 0 Å². The number of benzene rings is 2. The molecule has 2 aromatic carbocycles. The van der Waals surface area contributed by atoms with Gasteiger partial charge in [-0.05, 0) is 28.5 Å². The second-order valence-corrected chi connectivity index (χ2v) is 7.39. The molecule has 3 aromatic rings. The molecular weight excluding hydrogens is 282 g/mol. The number of rotatable bonds is 1. The van der Waals surface area contributed by atoms with E-state index < -0.39 is 0 Å². The van der Waals surface area contributed by atoms with Crippen molar-refractivity contribution in [2.75, 3.05) is 0 Å². The van der Waals surface area contributed by atoms with Gasteiger partial charge in [-0.1, -0.05) is 69.3 Å². The summed E-state index contributed by atoms with van der Waals surface area (Å²) < 4.78 is 1.97. The molecule has 0 amide bonds. The van der Waals surface area contributed by atoms with E-state index in [0.717, 1.165) is 29.6 Å². The van der Waals surface area contributed by atoms with Crippen LogP contribution in [0.15, 0.2) is 53.3 Å². The lowest BCUT2D eigenvalue weighted by Crippen LogP contribution is -2.26. The maximum Gasteiger partial charge on any atom is 0.259 e. The molecule has 1 aliphatic heterocycles. The Morgan fingerprint density at radius 2 is 1.70 bits per heavy atom. The van der Waals surface area contributed by atoms with Gasteiger partial charge in [0.05, 0.1) is 11.1 Å². The Morgan fingerprint density at radius 3 is 2.39 bits per heavy atom. The van der Waals surface area contributed by atoms with Gasteiger partial charge in [-0.15, -0.1) is 0 Å². The normalized spacial score (nSPS) is 13.7. The van der Waals surface area contributed by atoms with Crippen molar-refractivity contribution >= 4 is 10.9 Å². The molecule has 0 fully saturated rings. The van der Waals surface area contributed by atoms with Gasteiger partial charge in [-0.25, -0.2) is 0 Å². The minimum atomic E-state index is -0.0926. The Morgan fingerprint density at radius 1 is 0.957 bits per heavy atom. The summed E-state index contributed by atoms with van der Waals surface area (Å²) in [7, 11) is 0. The predicted octanol–water partition coefficient (Wildman–Crippen LogP) is 4.52. The molecule has 4 rings (SSSR count). The van der Waals surface area contributed by atoms with Crippen molar-refractivity contribution < 1.29 is 0 Å². The first-order valence-electron chi connectivity index (χ1n) is 8.23. The number of pyridine rings is 1. The molecule has 0 radical (unpaired) electrons. The Labute approximate surface area is 136 Å². The molecule has 0 saturated carbocycles. The van der Waals surface area contributed by atoms with Crippen LogP contribution in [0, 0.1) is 0 Å². The molecule has 0 spiro atoms. The first-order valence-corrected chi connectivity index (χ1v) is 8.23. The molecular formula is C21H21NO. The average molecular weight is 303 g/mol. The number of hydrogen-bond acceptors (Lipinski definition) is 1.